The average molecular weight is 255 g/mol. The van der Waals surface area contributed by atoms with Crippen LogP contribution in [-0.4, -0.2) is 29.9 Å². The molecule has 1 atom stereocenters. The molecule has 0 aliphatic carbocycles. The van der Waals surface area contributed by atoms with Crippen molar-refractivity contribution in [2.45, 2.75) is 23.8 Å². The Kier molecular flexibility index (Phi) is 3.57. The zero-order valence-electron chi connectivity index (χ0n) is 9.52. The molecule has 0 spiro atoms. The largest absolute Gasteiger partial charge is 0.481 e. The molecule has 1 heterocycles. The van der Waals surface area contributed by atoms with Gasteiger partial charge in [-0.2, -0.15) is 0 Å². The second-order valence-corrected chi connectivity index (χ2v) is 5.16. The van der Waals surface area contributed by atoms with Gasteiger partial charge in [0.1, 0.15) is 5.82 Å². The number of carboxylic acid groups (broad SMARTS) is 1. The van der Waals surface area contributed by atoms with Crippen molar-refractivity contribution in [1.82, 2.24) is 0 Å². The molecule has 1 aromatic rings. The molecule has 17 heavy (non-hydrogen) atoms. The zero-order valence-corrected chi connectivity index (χ0v) is 10.3. The first-order chi connectivity index (χ1) is 8.09. The molecular weight excluding hydrogens is 241 g/mol. The summed E-state index contributed by atoms with van der Waals surface area (Å²) in [6.45, 7) is 0. The van der Waals surface area contributed by atoms with E-state index in [1.54, 1.807) is 17.8 Å². The number of para-hydroxylation sites is 1. The third-order valence-electron chi connectivity index (χ3n) is 2.97. The molecule has 0 aromatic heterocycles. The second kappa shape index (κ2) is 4.96. The molecule has 0 radical (unpaired) electrons. The molecule has 0 saturated heterocycles. The molecule has 1 N–H and O–H groups in total. The smallest absolute Gasteiger partial charge is 0.303 e. The van der Waals surface area contributed by atoms with Crippen LogP contribution in [0.1, 0.15) is 12.8 Å². The van der Waals surface area contributed by atoms with Crippen LogP contribution < -0.4 is 4.90 Å². The lowest BCUT2D eigenvalue weighted by Crippen LogP contribution is -2.37. The highest BCUT2D eigenvalue weighted by Crippen LogP contribution is 2.39. The van der Waals surface area contributed by atoms with E-state index in [0.29, 0.717) is 12.1 Å². The van der Waals surface area contributed by atoms with Gasteiger partial charge < -0.3 is 10.0 Å². The lowest BCUT2D eigenvalue weighted by atomic mass is 10.1. The van der Waals surface area contributed by atoms with Gasteiger partial charge in [0.25, 0.3) is 0 Å². The molecule has 0 saturated carbocycles. The van der Waals surface area contributed by atoms with Gasteiger partial charge in [0.05, 0.1) is 5.69 Å². The van der Waals surface area contributed by atoms with Crippen LogP contribution in [0.3, 0.4) is 0 Å². The standard InChI is InChI=1S/C12H14FNO2S/c1-14-8(5-6-11(15)16)7-17-10-4-2-3-9(13)12(10)14/h2-4,8H,5-7H2,1H3,(H,15,16). The van der Waals surface area contributed by atoms with Crippen molar-refractivity contribution in [3.63, 3.8) is 0 Å². The third-order valence-corrected chi connectivity index (χ3v) is 4.16. The van der Waals surface area contributed by atoms with Crippen LogP contribution in [0.2, 0.25) is 0 Å². The topological polar surface area (TPSA) is 40.5 Å². The minimum atomic E-state index is -0.803. The van der Waals surface area contributed by atoms with Gasteiger partial charge in [0, 0.05) is 30.2 Å². The Balaban J connectivity index is 2.17. The van der Waals surface area contributed by atoms with Crippen molar-refractivity contribution < 1.29 is 14.3 Å². The summed E-state index contributed by atoms with van der Waals surface area (Å²) in [5.41, 5.74) is 0.596. The van der Waals surface area contributed by atoms with Gasteiger partial charge in [0.15, 0.2) is 0 Å². The van der Waals surface area contributed by atoms with E-state index in [0.717, 1.165) is 10.6 Å². The number of anilines is 1. The Bertz CT molecular complexity index is 439. The van der Waals surface area contributed by atoms with E-state index in [9.17, 15) is 9.18 Å². The monoisotopic (exact) mass is 255 g/mol. The number of hydrogen-bond donors (Lipinski definition) is 1. The molecule has 5 heteroatoms. The maximum atomic E-state index is 13.7. The molecule has 0 fully saturated rings. The molecular formula is C12H14FNO2S. The fourth-order valence-corrected chi connectivity index (χ4v) is 3.32. The van der Waals surface area contributed by atoms with E-state index in [4.69, 9.17) is 5.11 Å². The van der Waals surface area contributed by atoms with Crippen molar-refractivity contribution in [1.29, 1.82) is 0 Å². The SMILES string of the molecule is CN1c2c(F)cccc2SCC1CCC(=O)O. The van der Waals surface area contributed by atoms with E-state index in [-0.39, 0.29) is 18.3 Å². The van der Waals surface area contributed by atoms with Crippen molar-refractivity contribution in [3.8, 4) is 0 Å². The Hall–Kier alpha value is -1.23. The van der Waals surface area contributed by atoms with Gasteiger partial charge in [-0.3, -0.25) is 4.79 Å². The Labute approximate surface area is 104 Å². The van der Waals surface area contributed by atoms with Crippen LogP contribution in [0.5, 0.6) is 0 Å². The predicted molar refractivity (Wildman–Crippen MR) is 66.2 cm³/mol. The molecule has 1 unspecified atom stereocenters. The highest BCUT2D eigenvalue weighted by atomic mass is 32.2. The van der Waals surface area contributed by atoms with Crippen LogP contribution in [0, 0.1) is 5.82 Å². The van der Waals surface area contributed by atoms with Crippen molar-refractivity contribution in [2.24, 2.45) is 0 Å². The normalized spacial score (nSPS) is 18.9. The minimum absolute atomic E-state index is 0.0838. The van der Waals surface area contributed by atoms with Gasteiger partial charge in [-0.05, 0) is 18.6 Å². The number of benzene rings is 1. The highest BCUT2D eigenvalue weighted by Gasteiger charge is 2.26. The number of carboxylic acids is 1. The quantitative estimate of drug-likeness (QED) is 0.901. The summed E-state index contributed by atoms with van der Waals surface area (Å²) in [5.74, 6) is -0.236. The van der Waals surface area contributed by atoms with Crippen LogP contribution in [0.25, 0.3) is 0 Å². The highest BCUT2D eigenvalue weighted by molar-refractivity contribution is 7.99. The number of fused-ring (bicyclic) bond motifs is 1. The molecule has 3 nitrogen and oxygen atoms in total. The van der Waals surface area contributed by atoms with E-state index in [1.165, 1.54) is 6.07 Å². The predicted octanol–water partition coefficient (Wildman–Crippen LogP) is 2.60. The number of aliphatic carboxylic acids is 1. The van der Waals surface area contributed by atoms with Crippen LogP contribution in [0.15, 0.2) is 23.1 Å². The van der Waals surface area contributed by atoms with Crippen molar-refractivity contribution in [2.75, 3.05) is 17.7 Å². The first kappa shape index (κ1) is 12.2. The molecule has 1 aliphatic rings. The Morgan fingerprint density at radius 1 is 1.65 bits per heavy atom. The van der Waals surface area contributed by atoms with Crippen molar-refractivity contribution >= 4 is 23.4 Å². The second-order valence-electron chi connectivity index (χ2n) is 4.09. The maximum absolute atomic E-state index is 13.7. The molecule has 0 amide bonds. The maximum Gasteiger partial charge on any atom is 0.303 e. The molecule has 0 bridgehead atoms. The summed E-state index contributed by atoms with van der Waals surface area (Å²) in [5, 5.41) is 8.68. The number of nitrogens with zero attached hydrogens (tertiary/aromatic N) is 1. The van der Waals surface area contributed by atoms with E-state index >= 15 is 0 Å². The van der Waals surface area contributed by atoms with Crippen molar-refractivity contribution in [3.05, 3.63) is 24.0 Å². The van der Waals surface area contributed by atoms with Gasteiger partial charge >= 0.3 is 5.97 Å². The Morgan fingerprint density at radius 3 is 3.12 bits per heavy atom. The lowest BCUT2D eigenvalue weighted by molar-refractivity contribution is -0.137. The van der Waals surface area contributed by atoms with Crippen LogP contribution >= 0.6 is 11.8 Å². The fraction of sp³-hybridized carbons (Fsp3) is 0.417. The molecule has 1 aromatic carbocycles. The molecule has 92 valence electrons. The number of halogens is 1. The summed E-state index contributed by atoms with van der Waals surface area (Å²) in [7, 11) is 1.83. The van der Waals surface area contributed by atoms with Gasteiger partial charge in [-0.1, -0.05) is 6.07 Å². The minimum Gasteiger partial charge on any atom is -0.481 e. The first-order valence-corrected chi connectivity index (χ1v) is 6.44. The first-order valence-electron chi connectivity index (χ1n) is 5.45. The van der Waals surface area contributed by atoms with Crippen LogP contribution in [-0.2, 0) is 4.79 Å². The van der Waals surface area contributed by atoms with Gasteiger partial charge in [-0.25, -0.2) is 4.39 Å². The number of rotatable bonds is 3. The van der Waals surface area contributed by atoms with Gasteiger partial charge in [0.2, 0.25) is 0 Å². The lowest BCUT2D eigenvalue weighted by Gasteiger charge is -2.35. The summed E-state index contributed by atoms with van der Waals surface area (Å²) >= 11 is 1.59. The molecule has 2 rings (SSSR count). The summed E-state index contributed by atoms with van der Waals surface area (Å²) < 4.78 is 13.7. The Morgan fingerprint density at radius 2 is 2.41 bits per heavy atom. The summed E-state index contributed by atoms with van der Waals surface area (Å²) in [4.78, 5) is 13.4. The van der Waals surface area contributed by atoms with E-state index in [2.05, 4.69) is 0 Å². The summed E-state index contributed by atoms with van der Waals surface area (Å²) in [6, 6.07) is 5.12. The van der Waals surface area contributed by atoms with Gasteiger partial charge in [-0.15, -0.1) is 11.8 Å². The van der Waals surface area contributed by atoms with Crippen LogP contribution in [0.4, 0.5) is 10.1 Å². The number of carbonyl (C=O) groups is 1. The zero-order chi connectivity index (χ0) is 12.4. The van der Waals surface area contributed by atoms with E-state index in [1.807, 2.05) is 18.0 Å². The number of thioether (sulfide) groups is 1. The van der Waals surface area contributed by atoms with E-state index < -0.39 is 5.97 Å². The fourth-order valence-electron chi connectivity index (χ4n) is 2.00. The average Bonchev–Trinajstić information content (AvgIpc) is 2.28. The molecule has 1 aliphatic heterocycles. The number of hydrogen-bond acceptors (Lipinski definition) is 3. The third kappa shape index (κ3) is 2.54. The summed E-state index contributed by atoms with van der Waals surface area (Å²) in [6.07, 6.45) is 0.673.